The third kappa shape index (κ3) is 8.52. The minimum absolute atomic E-state index is 0.0220. The average molecular weight is 549 g/mol. The smallest absolute Gasteiger partial charge is 0.487 e. The first-order valence-corrected chi connectivity index (χ1v) is 12.9. The topological polar surface area (TPSA) is 127 Å². The van der Waals surface area contributed by atoms with Crippen LogP contribution in [-0.4, -0.2) is 37.1 Å². The van der Waals surface area contributed by atoms with E-state index in [0.29, 0.717) is 16.9 Å². The number of alkyl halides is 3. The molecule has 0 unspecified atom stereocenters. The first-order valence-electron chi connectivity index (χ1n) is 10.1. The molecule has 36 heavy (non-hydrogen) atoms. The van der Waals surface area contributed by atoms with Gasteiger partial charge in [-0.3, -0.25) is 9.11 Å². The Morgan fingerprint density at radius 1 is 0.667 bits per heavy atom. The second-order valence-corrected chi connectivity index (χ2v) is 10.6. The molecule has 0 atom stereocenters. The van der Waals surface area contributed by atoms with E-state index in [0.717, 1.165) is 11.1 Å². The molecule has 0 spiro atoms. The van der Waals surface area contributed by atoms with Crippen LogP contribution in [0.4, 0.5) is 13.2 Å². The van der Waals surface area contributed by atoms with Crippen molar-refractivity contribution in [2.45, 2.75) is 31.9 Å². The van der Waals surface area contributed by atoms with Crippen LogP contribution < -0.4 is 8.92 Å². The summed E-state index contributed by atoms with van der Waals surface area (Å²) in [5.41, 5.74) is -3.23. The first kappa shape index (κ1) is 29.1. The van der Waals surface area contributed by atoms with Gasteiger partial charge < -0.3 is 8.92 Å². The summed E-state index contributed by atoms with van der Waals surface area (Å²) in [6, 6.07) is 21.9. The van der Waals surface area contributed by atoms with E-state index in [9.17, 15) is 26.1 Å². The molecule has 0 fully saturated rings. The van der Waals surface area contributed by atoms with Gasteiger partial charge in [0.15, 0.2) is 5.75 Å². The van der Waals surface area contributed by atoms with Crippen LogP contribution in [0.15, 0.2) is 72.8 Å². The van der Waals surface area contributed by atoms with Gasteiger partial charge in [-0.05, 0) is 44.0 Å². The van der Waals surface area contributed by atoms with Crippen molar-refractivity contribution >= 4 is 20.5 Å². The lowest BCUT2D eigenvalue weighted by molar-refractivity contribution is -0.0510. The Morgan fingerprint density at radius 3 is 1.36 bits per heavy atom. The summed E-state index contributed by atoms with van der Waals surface area (Å²) in [6.45, 7) is 5.81. The van der Waals surface area contributed by atoms with Gasteiger partial charge in [-0.1, -0.05) is 60.7 Å². The van der Waals surface area contributed by atoms with Crippen molar-refractivity contribution in [1.29, 1.82) is 0 Å². The highest BCUT2D eigenvalue weighted by atomic mass is 32.3. The molecule has 2 N–H and O–H groups in total. The Balaban J connectivity index is 0.000000493. The summed E-state index contributed by atoms with van der Waals surface area (Å²) in [7, 11) is -10.5. The summed E-state index contributed by atoms with van der Waals surface area (Å²) in [6.07, 6.45) is 0. The molecule has 13 heteroatoms. The Morgan fingerprint density at radius 2 is 1.03 bits per heavy atom. The zero-order valence-electron chi connectivity index (χ0n) is 19.2. The summed E-state index contributed by atoms with van der Waals surface area (Å²) < 4.78 is 101. The van der Waals surface area contributed by atoms with Gasteiger partial charge in [-0.25, -0.2) is 0 Å². The van der Waals surface area contributed by atoms with E-state index >= 15 is 0 Å². The third-order valence-electron chi connectivity index (χ3n) is 4.16. The predicted octanol–water partition coefficient (Wildman–Crippen LogP) is 5.77. The molecule has 0 heterocycles. The van der Waals surface area contributed by atoms with Gasteiger partial charge in [-0.2, -0.15) is 30.0 Å². The molecule has 3 rings (SSSR count). The fourth-order valence-corrected chi connectivity index (χ4v) is 3.31. The molecule has 0 saturated heterocycles. The Kier molecular flexibility index (Phi) is 8.78. The zero-order chi connectivity index (χ0) is 27.4. The van der Waals surface area contributed by atoms with Crippen molar-refractivity contribution < 1.29 is 48.0 Å². The molecule has 196 valence electrons. The Labute approximate surface area is 207 Å². The molecular formula is C23H23F3O8S2. The number of halogens is 3. The minimum Gasteiger partial charge on any atom is -0.487 e. The number of hydrogen-bond acceptors (Lipinski definition) is 6. The van der Waals surface area contributed by atoms with Crippen LogP contribution in [0.2, 0.25) is 0 Å². The van der Waals surface area contributed by atoms with E-state index in [4.69, 9.17) is 21.9 Å². The van der Waals surface area contributed by atoms with Crippen molar-refractivity contribution in [3.8, 4) is 33.8 Å². The summed E-state index contributed by atoms with van der Waals surface area (Å²) in [5, 5.41) is 0. The predicted molar refractivity (Wildman–Crippen MR) is 127 cm³/mol. The SMILES string of the molecule is CC(C)(C)Oc1ccc(OS(=O)(=O)O)c(-c2ccccc2)c1-c1ccccc1.O=S(=O)(O)C(F)(F)F. The second-order valence-electron chi connectivity index (χ2n) is 8.19. The summed E-state index contributed by atoms with van der Waals surface area (Å²) in [4.78, 5) is 0. The highest BCUT2D eigenvalue weighted by Crippen LogP contribution is 2.46. The highest BCUT2D eigenvalue weighted by molar-refractivity contribution is 7.86. The number of benzene rings is 3. The van der Waals surface area contributed by atoms with Gasteiger partial charge in [0.05, 0.1) is 0 Å². The molecule has 0 saturated carbocycles. The first-order chi connectivity index (χ1) is 16.4. The van der Waals surface area contributed by atoms with Crippen LogP contribution in [0.5, 0.6) is 11.5 Å². The lowest BCUT2D eigenvalue weighted by Crippen LogP contribution is -2.23. The van der Waals surface area contributed by atoms with Crippen LogP contribution in [-0.2, 0) is 20.5 Å². The van der Waals surface area contributed by atoms with Crippen molar-refractivity contribution in [3.05, 3.63) is 72.8 Å². The number of hydrogen-bond donors (Lipinski definition) is 2. The number of ether oxygens (including phenoxy) is 1. The molecule has 0 aliphatic rings. The molecule has 3 aromatic rings. The molecule has 0 aliphatic carbocycles. The number of rotatable bonds is 5. The standard InChI is InChI=1S/C22H22O5S.CHF3O3S/c1-22(2,3)26-18-14-15-19(27-28(23,24)25)21(17-12-8-5-9-13-17)20(18)16-10-6-4-7-11-16;2-1(3,4)8(5,6)7/h4-15H,1-3H3,(H,23,24,25);(H,5,6,7). The lowest BCUT2D eigenvalue weighted by Gasteiger charge is -2.26. The molecular weight excluding hydrogens is 525 g/mol. The van der Waals surface area contributed by atoms with E-state index in [1.165, 1.54) is 6.07 Å². The van der Waals surface area contributed by atoms with E-state index in [2.05, 4.69) is 0 Å². The zero-order valence-corrected chi connectivity index (χ0v) is 20.9. The monoisotopic (exact) mass is 548 g/mol. The maximum Gasteiger partial charge on any atom is 0.522 e. The van der Waals surface area contributed by atoms with Crippen molar-refractivity contribution in [1.82, 2.24) is 0 Å². The van der Waals surface area contributed by atoms with Gasteiger partial charge in [0.1, 0.15) is 11.4 Å². The van der Waals surface area contributed by atoms with Gasteiger partial charge >= 0.3 is 26.0 Å². The minimum atomic E-state index is -5.84. The lowest BCUT2D eigenvalue weighted by atomic mass is 9.92. The van der Waals surface area contributed by atoms with Gasteiger partial charge in [0.2, 0.25) is 0 Å². The second kappa shape index (κ2) is 10.9. The van der Waals surface area contributed by atoms with Gasteiger partial charge in [0, 0.05) is 11.1 Å². The van der Waals surface area contributed by atoms with Crippen molar-refractivity contribution in [2.75, 3.05) is 0 Å². The fourth-order valence-electron chi connectivity index (χ4n) is 2.95. The van der Waals surface area contributed by atoms with Gasteiger partial charge in [0.25, 0.3) is 0 Å². The third-order valence-corrected chi connectivity index (χ3v) is 5.13. The molecule has 0 bridgehead atoms. The molecule has 3 aromatic carbocycles. The normalized spacial score (nSPS) is 12.3. The molecule has 0 aromatic heterocycles. The van der Waals surface area contributed by atoms with Crippen LogP contribution >= 0.6 is 0 Å². The molecule has 0 radical (unpaired) electrons. The summed E-state index contributed by atoms with van der Waals surface area (Å²) in [5.74, 6) is 0.606. The van der Waals surface area contributed by atoms with Gasteiger partial charge in [-0.15, -0.1) is 0 Å². The molecule has 8 nitrogen and oxygen atoms in total. The highest BCUT2D eigenvalue weighted by Gasteiger charge is 2.44. The fraction of sp³-hybridized carbons (Fsp3) is 0.217. The van der Waals surface area contributed by atoms with Crippen LogP contribution in [0.1, 0.15) is 20.8 Å². The Hall–Kier alpha value is -3.13. The van der Waals surface area contributed by atoms with Crippen LogP contribution in [0.3, 0.4) is 0 Å². The maximum absolute atomic E-state index is 11.4. The van der Waals surface area contributed by atoms with Crippen molar-refractivity contribution in [2.24, 2.45) is 0 Å². The molecule has 0 aliphatic heterocycles. The van der Waals surface area contributed by atoms with E-state index in [1.54, 1.807) is 6.07 Å². The van der Waals surface area contributed by atoms with E-state index < -0.39 is 31.6 Å². The largest absolute Gasteiger partial charge is 0.522 e. The summed E-state index contributed by atoms with van der Waals surface area (Å²) >= 11 is 0. The van der Waals surface area contributed by atoms with Crippen LogP contribution in [0.25, 0.3) is 22.3 Å². The van der Waals surface area contributed by atoms with E-state index in [1.807, 2.05) is 81.4 Å². The maximum atomic E-state index is 11.4. The van der Waals surface area contributed by atoms with Crippen LogP contribution in [0, 0.1) is 0 Å². The Bertz CT molecular complexity index is 1380. The van der Waals surface area contributed by atoms with E-state index in [-0.39, 0.29) is 5.75 Å². The quantitative estimate of drug-likeness (QED) is 0.304. The van der Waals surface area contributed by atoms with Crippen molar-refractivity contribution in [3.63, 3.8) is 0 Å². The molecule has 0 amide bonds. The average Bonchev–Trinajstić information content (AvgIpc) is 2.73.